The minimum atomic E-state index is -0.204. The van der Waals surface area contributed by atoms with E-state index in [1.54, 1.807) is 12.1 Å². The van der Waals surface area contributed by atoms with Crippen LogP contribution in [0.1, 0.15) is 5.69 Å². The Bertz CT molecular complexity index is 468. The van der Waals surface area contributed by atoms with Gasteiger partial charge in [-0.2, -0.15) is 0 Å². The molecule has 1 heterocycles. The van der Waals surface area contributed by atoms with Crippen LogP contribution in [0.3, 0.4) is 0 Å². The molecule has 0 spiro atoms. The van der Waals surface area contributed by atoms with Crippen molar-refractivity contribution in [3.8, 4) is 0 Å². The number of halogens is 1. The van der Waals surface area contributed by atoms with Crippen molar-refractivity contribution >= 4 is 17.0 Å². The quantitative estimate of drug-likeness (QED) is 0.628. The summed E-state index contributed by atoms with van der Waals surface area (Å²) in [7, 11) is 1.90. The lowest BCUT2D eigenvalue weighted by atomic mass is 10.2. The zero-order valence-electron chi connectivity index (χ0n) is 7.42. The molecule has 0 aliphatic heterocycles. The van der Waals surface area contributed by atoms with E-state index in [2.05, 4.69) is 6.58 Å². The molecular weight excluding hydrogens is 165 g/mol. The van der Waals surface area contributed by atoms with Crippen molar-refractivity contribution in [3.63, 3.8) is 0 Å². The van der Waals surface area contributed by atoms with Gasteiger partial charge in [0.15, 0.2) is 0 Å². The molecule has 2 heteroatoms. The fourth-order valence-electron chi connectivity index (χ4n) is 1.52. The summed E-state index contributed by atoms with van der Waals surface area (Å²) in [5.74, 6) is -0.204. The summed E-state index contributed by atoms with van der Waals surface area (Å²) in [6.45, 7) is 3.69. The highest BCUT2D eigenvalue weighted by atomic mass is 19.1. The third-order valence-corrected chi connectivity index (χ3v) is 2.25. The van der Waals surface area contributed by atoms with E-state index in [0.29, 0.717) is 0 Å². The zero-order valence-corrected chi connectivity index (χ0v) is 7.42. The van der Waals surface area contributed by atoms with Gasteiger partial charge in [-0.25, -0.2) is 4.39 Å². The normalized spacial score (nSPS) is 10.6. The van der Waals surface area contributed by atoms with E-state index in [9.17, 15) is 4.39 Å². The van der Waals surface area contributed by atoms with Gasteiger partial charge in [-0.3, -0.25) is 0 Å². The van der Waals surface area contributed by atoms with Crippen LogP contribution in [-0.4, -0.2) is 4.57 Å². The minimum absolute atomic E-state index is 0.204. The maximum atomic E-state index is 12.9. The Labute approximate surface area is 76.1 Å². The van der Waals surface area contributed by atoms with Crippen molar-refractivity contribution in [2.24, 2.45) is 7.05 Å². The van der Waals surface area contributed by atoms with E-state index < -0.39 is 0 Å². The Kier molecular flexibility index (Phi) is 1.69. The zero-order chi connectivity index (χ0) is 9.42. The van der Waals surface area contributed by atoms with Gasteiger partial charge in [-0.05, 0) is 30.3 Å². The SMILES string of the molecule is C=Cc1cc2ccc(F)cc2n1C. The summed E-state index contributed by atoms with van der Waals surface area (Å²) in [5.41, 5.74) is 1.90. The Morgan fingerprint density at radius 3 is 2.85 bits per heavy atom. The van der Waals surface area contributed by atoms with Gasteiger partial charge in [0.2, 0.25) is 0 Å². The number of aromatic nitrogens is 1. The molecule has 0 amide bonds. The van der Waals surface area contributed by atoms with E-state index in [1.807, 2.05) is 17.7 Å². The minimum Gasteiger partial charge on any atom is -0.344 e. The predicted octanol–water partition coefficient (Wildman–Crippen LogP) is 2.96. The first-order valence-corrected chi connectivity index (χ1v) is 4.10. The monoisotopic (exact) mass is 175 g/mol. The van der Waals surface area contributed by atoms with Crippen LogP contribution in [0.15, 0.2) is 30.8 Å². The average Bonchev–Trinajstić information content (AvgIpc) is 2.44. The number of nitrogens with zero attached hydrogens (tertiary/aromatic N) is 1. The van der Waals surface area contributed by atoms with Crippen LogP contribution in [0.25, 0.3) is 17.0 Å². The highest BCUT2D eigenvalue weighted by Gasteiger charge is 2.03. The summed E-state index contributed by atoms with van der Waals surface area (Å²) in [6.07, 6.45) is 1.76. The molecule has 0 unspecified atom stereocenters. The molecular formula is C11H10FN. The number of hydrogen-bond donors (Lipinski definition) is 0. The van der Waals surface area contributed by atoms with Crippen molar-refractivity contribution in [3.05, 3.63) is 42.4 Å². The Hall–Kier alpha value is -1.57. The van der Waals surface area contributed by atoms with Crippen LogP contribution >= 0.6 is 0 Å². The number of aryl methyl sites for hydroxylation is 1. The molecule has 0 fully saturated rings. The lowest BCUT2D eigenvalue weighted by Gasteiger charge is -1.98. The van der Waals surface area contributed by atoms with Gasteiger partial charge >= 0.3 is 0 Å². The number of hydrogen-bond acceptors (Lipinski definition) is 0. The molecule has 0 atom stereocenters. The van der Waals surface area contributed by atoms with Gasteiger partial charge in [-0.1, -0.05) is 6.58 Å². The van der Waals surface area contributed by atoms with E-state index in [0.717, 1.165) is 16.6 Å². The first-order valence-electron chi connectivity index (χ1n) is 4.10. The first-order chi connectivity index (χ1) is 6.22. The van der Waals surface area contributed by atoms with Crippen molar-refractivity contribution in [1.29, 1.82) is 0 Å². The second kappa shape index (κ2) is 2.73. The molecule has 0 aliphatic carbocycles. The molecule has 0 saturated carbocycles. The largest absolute Gasteiger partial charge is 0.344 e. The molecule has 0 aliphatic rings. The number of fused-ring (bicyclic) bond motifs is 1. The summed E-state index contributed by atoms with van der Waals surface area (Å²) < 4.78 is 14.8. The Morgan fingerprint density at radius 2 is 2.15 bits per heavy atom. The van der Waals surface area contributed by atoms with Crippen LogP contribution in [0.2, 0.25) is 0 Å². The van der Waals surface area contributed by atoms with Crippen molar-refractivity contribution < 1.29 is 4.39 Å². The molecule has 1 aromatic carbocycles. The summed E-state index contributed by atoms with van der Waals surface area (Å²) >= 11 is 0. The fourth-order valence-corrected chi connectivity index (χ4v) is 1.52. The lowest BCUT2D eigenvalue weighted by molar-refractivity contribution is 0.629. The topological polar surface area (TPSA) is 4.93 Å². The Balaban J connectivity index is 2.84. The maximum absolute atomic E-state index is 12.9. The van der Waals surface area contributed by atoms with Gasteiger partial charge in [0.25, 0.3) is 0 Å². The van der Waals surface area contributed by atoms with Crippen LogP contribution in [0.4, 0.5) is 4.39 Å². The molecule has 1 nitrogen and oxygen atoms in total. The second-order valence-corrected chi connectivity index (χ2v) is 3.04. The standard InChI is InChI=1S/C11H10FN/c1-3-10-6-8-4-5-9(12)7-11(8)13(10)2/h3-7H,1H2,2H3. The molecule has 66 valence electrons. The molecule has 1 aromatic heterocycles. The third kappa shape index (κ3) is 1.15. The van der Waals surface area contributed by atoms with Gasteiger partial charge in [-0.15, -0.1) is 0 Å². The summed E-state index contributed by atoms with van der Waals surface area (Å²) in [4.78, 5) is 0. The number of rotatable bonds is 1. The third-order valence-electron chi connectivity index (χ3n) is 2.25. The van der Waals surface area contributed by atoms with Crippen LogP contribution < -0.4 is 0 Å². The van der Waals surface area contributed by atoms with Gasteiger partial charge in [0, 0.05) is 18.1 Å². The van der Waals surface area contributed by atoms with Crippen molar-refractivity contribution in [2.45, 2.75) is 0 Å². The molecule has 2 aromatic rings. The second-order valence-electron chi connectivity index (χ2n) is 3.04. The van der Waals surface area contributed by atoms with E-state index in [1.165, 1.54) is 12.1 Å². The van der Waals surface area contributed by atoms with Crippen molar-refractivity contribution in [2.75, 3.05) is 0 Å². The molecule has 13 heavy (non-hydrogen) atoms. The molecule has 0 radical (unpaired) electrons. The average molecular weight is 175 g/mol. The summed E-state index contributed by atoms with van der Waals surface area (Å²) in [6, 6.07) is 6.76. The molecule has 0 N–H and O–H groups in total. The van der Waals surface area contributed by atoms with E-state index >= 15 is 0 Å². The van der Waals surface area contributed by atoms with Crippen LogP contribution in [-0.2, 0) is 7.05 Å². The number of benzene rings is 1. The molecule has 2 rings (SSSR count). The van der Waals surface area contributed by atoms with E-state index in [4.69, 9.17) is 0 Å². The van der Waals surface area contributed by atoms with Gasteiger partial charge in [0.05, 0.1) is 5.52 Å². The van der Waals surface area contributed by atoms with Crippen LogP contribution in [0.5, 0.6) is 0 Å². The first kappa shape index (κ1) is 8.05. The van der Waals surface area contributed by atoms with Gasteiger partial charge in [0.1, 0.15) is 5.82 Å². The summed E-state index contributed by atoms with van der Waals surface area (Å²) in [5, 5.41) is 1.04. The highest BCUT2D eigenvalue weighted by molar-refractivity contribution is 5.83. The predicted molar refractivity (Wildman–Crippen MR) is 53.0 cm³/mol. The van der Waals surface area contributed by atoms with E-state index in [-0.39, 0.29) is 5.82 Å². The fraction of sp³-hybridized carbons (Fsp3) is 0.0909. The lowest BCUT2D eigenvalue weighted by Crippen LogP contribution is -1.89. The Morgan fingerprint density at radius 1 is 1.38 bits per heavy atom. The maximum Gasteiger partial charge on any atom is 0.125 e. The van der Waals surface area contributed by atoms with Crippen LogP contribution in [0, 0.1) is 5.82 Å². The highest BCUT2D eigenvalue weighted by Crippen LogP contribution is 2.20. The van der Waals surface area contributed by atoms with Crippen molar-refractivity contribution in [1.82, 2.24) is 4.57 Å². The molecule has 0 bridgehead atoms. The van der Waals surface area contributed by atoms with Gasteiger partial charge < -0.3 is 4.57 Å². The molecule has 0 saturated heterocycles. The smallest absolute Gasteiger partial charge is 0.125 e.